The second kappa shape index (κ2) is 10.3. The van der Waals surface area contributed by atoms with Crippen molar-refractivity contribution in [2.45, 2.75) is 46.3 Å². The highest BCUT2D eigenvalue weighted by Gasteiger charge is 2.17. The Morgan fingerprint density at radius 1 is 1.00 bits per heavy atom. The SMILES string of the molecule is COc1cc(OC(C)(C)C)cc(N(CCNC(C)C)c2ccc3ncc(-c4cn[nH]c4)nc3c2)c1. The molecule has 4 rings (SSSR count). The van der Waals surface area contributed by atoms with E-state index in [9.17, 15) is 0 Å². The van der Waals surface area contributed by atoms with E-state index in [2.05, 4.69) is 57.4 Å². The Morgan fingerprint density at radius 3 is 2.49 bits per heavy atom. The Labute approximate surface area is 206 Å². The van der Waals surface area contributed by atoms with E-state index in [0.29, 0.717) is 6.04 Å². The summed E-state index contributed by atoms with van der Waals surface area (Å²) < 4.78 is 11.8. The lowest BCUT2D eigenvalue weighted by molar-refractivity contribution is 0.130. The van der Waals surface area contributed by atoms with Gasteiger partial charge in [-0.25, -0.2) is 4.98 Å². The maximum absolute atomic E-state index is 6.19. The fraction of sp³-hybridized carbons (Fsp3) is 0.370. The number of nitrogens with zero attached hydrogens (tertiary/aromatic N) is 4. The van der Waals surface area contributed by atoms with E-state index in [1.807, 2.05) is 45.2 Å². The molecule has 0 saturated heterocycles. The molecule has 0 saturated carbocycles. The van der Waals surface area contributed by atoms with Crippen molar-refractivity contribution in [1.82, 2.24) is 25.5 Å². The number of hydrogen-bond donors (Lipinski definition) is 2. The predicted octanol–water partition coefficient (Wildman–Crippen LogP) is 5.34. The molecule has 0 fully saturated rings. The Hall–Kier alpha value is -3.65. The summed E-state index contributed by atoms with van der Waals surface area (Å²) in [5.74, 6) is 1.50. The van der Waals surface area contributed by atoms with Crippen molar-refractivity contribution in [1.29, 1.82) is 0 Å². The van der Waals surface area contributed by atoms with Crippen LogP contribution in [0.5, 0.6) is 11.5 Å². The smallest absolute Gasteiger partial charge is 0.125 e. The molecule has 8 nitrogen and oxygen atoms in total. The number of rotatable bonds is 9. The number of methoxy groups -OCH3 is 1. The zero-order chi connectivity index (χ0) is 25.0. The van der Waals surface area contributed by atoms with E-state index >= 15 is 0 Å². The lowest BCUT2D eigenvalue weighted by atomic mass is 10.1. The first-order chi connectivity index (χ1) is 16.7. The van der Waals surface area contributed by atoms with Crippen molar-refractivity contribution < 1.29 is 9.47 Å². The first kappa shape index (κ1) is 24.5. The molecule has 2 heterocycles. The monoisotopic (exact) mass is 474 g/mol. The third kappa shape index (κ3) is 6.27. The third-order valence-corrected chi connectivity index (χ3v) is 5.36. The summed E-state index contributed by atoms with van der Waals surface area (Å²) in [6.45, 7) is 12.0. The standard InChI is InChI=1S/C27H34N6O2/c1-18(2)28-9-10-33(21-11-22(34-6)14-23(12-21)35-27(3,4)5)20-7-8-24-25(13-20)32-26(17-29-24)19-15-30-31-16-19/h7-8,11-18,28H,9-10H2,1-6H3,(H,30,31). The van der Waals surface area contributed by atoms with Gasteiger partial charge < -0.3 is 19.7 Å². The summed E-state index contributed by atoms with van der Waals surface area (Å²) in [6, 6.07) is 12.6. The van der Waals surface area contributed by atoms with Gasteiger partial charge in [0, 0.05) is 60.5 Å². The van der Waals surface area contributed by atoms with Gasteiger partial charge in [-0.3, -0.25) is 10.1 Å². The topological polar surface area (TPSA) is 88.2 Å². The second-order valence-electron chi connectivity index (χ2n) is 9.76. The van der Waals surface area contributed by atoms with Crippen LogP contribution in [-0.4, -0.2) is 52.0 Å². The van der Waals surface area contributed by atoms with Crippen molar-refractivity contribution >= 4 is 22.4 Å². The molecule has 0 unspecified atom stereocenters. The summed E-state index contributed by atoms with van der Waals surface area (Å²) in [4.78, 5) is 11.7. The molecule has 0 aliphatic heterocycles. The van der Waals surface area contributed by atoms with Crippen molar-refractivity contribution in [3.8, 4) is 22.8 Å². The number of ether oxygens (including phenoxy) is 2. The Kier molecular flexibility index (Phi) is 7.21. The van der Waals surface area contributed by atoms with Crippen LogP contribution in [0.4, 0.5) is 11.4 Å². The van der Waals surface area contributed by atoms with Crippen LogP contribution in [-0.2, 0) is 0 Å². The first-order valence-corrected chi connectivity index (χ1v) is 11.9. The number of aromatic amines is 1. The summed E-state index contributed by atoms with van der Waals surface area (Å²) in [5, 5.41) is 10.4. The molecule has 0 aliphatic carbocycles. The average molecular weight is 475 g/mol. The molecule has 0 aliphatic rings. The van der Waals surface area contributed by atoms with E-state index in [0.717, 1.165) is 58.3 Å². The normalized spacial score (nSPS) is 11.7. The lowest BCUT2D eigenvalue weighted by Gasteiger charge is -2.28. The summed E-state index contributed by atoms with van der Waals surface area (Å²) >= 11 is 0. The number of aromatic nitrogens is 4. The second-order valence-corrected chi connectivity index (χ2v) is 9.76. The van der Waals surface area contributed by atoms with E-state index in [4.69, 9.17) is 14.5 Å². The lowest BCUT2D eigenvalue weighted by Crippen LogP contribution is -2.32. The zero-order valence-electron chi connectivity index (χ0n) is 21.3. The van der Waals surface area contributed by atoms with Crippen LogP contribution in [0.3, 0.4) is 0 Å². The van der Waals surface area contributed by atoms with Gasteiger partial charge in [-0.15, -0.1) is 0 Å². The van der Waals surface area contributed by atoms with Gasteiger partial charge in [0.05, 0.1) is 36.2 Å². The van der Waals surface area contributed by atoms with Gasteiger partial charge in [-0.1, -0.05) is 13.8 Å². The van der Waals surface area contributed by atoms with Crippen LogP contribution in [0, 0.1) is 0 Å². The Balaban J connectivity index is 1.76. The van der Waals surface area contributed by atoms with Crippen LogP contribution in [0.15, 0.2) is 55.0 Å². The maximum atomic E-state index is 6.19. The first-order valence-electron chi connectivity index (χ1n) is 11.9. The predicted molar refractivity (Wildman–Crippen MR) is 141 cm³/mol. The quantitative estimate of drug-likeness (QED) is 0.338. The third-order valence-electron chi connectivity index (χ3n) is 5.36. The van der Waals surface area contributed by atoms with Gasteiger partial charge >= 0.3 is 0 Å². The molecule has 2 aromatic heterocycles. The van der Waals surface area contributed by atoms with Gasteiger partial charge in [0.15, 0.2) is 0 Å². The molecule has 4 aromatic rings. The molecule has 0 atom stereocenters. The molecule has 8 heteroatoms. The summed E-state index contributed by atoms with van der Waals surface area (Å²) in [5.41, 5.74) is 5.00. The van der Waals surface area contributed by atoms with Gasteiger partial charge in [0.25, 0.3) is 0 Å². The van der Waals surface area contributed by atoms with E-state index < -0.39 is 0 Å². The van der Waals surface area contributed by atoms with E-state index in [1.54, 1.807) is 19.5 Å². The van der Waals surface area contributed by atoms with Crippen LogP contribution in [0.25, 0.3) is 22.3 Å². The molecule has 0 radical (unpaired) electrons. The van der Waals surface area contributed by atoms with E-state index in [-0.39, 0.29) is 5.60 Å². The van der Waals surface area contributed by atoms with Crippen molar-refractivity contribution in [3.05, 3.63) is 55.0 Å². The molecular weight excluding hydrogens is 440 g/mol. The molecular formula is C27H34N6O2. The molecule has 2 N–H and O–H groups in total. The maximum Gasteiger partial charge on any atom is 0.125 e. The fourth-order valence-electron chi connectivity index (χ4n) is 3.81. The molecule has 184 valence electrons. The summed E-state index contributed by atoms with van der Waals surface area (Å²) in [7, 11) is 1.67. The Bertz CT molecular complexity index is 1260. The van der Waals surface area contributed by atoms with Crippen molar-refractivity contribution in [2.24, 2.45) is 0 Å². The van der Waals surface area contributed by atoms with Gasteiger partial charge in [-0.05, 0) is 39.0 Å². The minimum atomic E-state index is -0.324. The van der Waals surface area contributed by atoms with Crippen molar-refractivity contribution in [3.63, 3.8) is 0 Å². The number of anilines is 2. The minimum absolute atomic E-state index is 0.324. The molecule has 0 amide bonds. The van der Waals surface area contributed by atoms with Crippen LogP contribution in [0.2, 0.25) is 0 Å². The molecule has 35 heavy (non-hydrogen) atoms. The molecule has 2 aromatic carbocycles. The zero-order valence-corrected chi connectivity index (χ0v) is 21.3. The number of H-pyrrole nitrogens is 1. The highest BCUT2D eigenvalue weighted by molar-refractivity contribution is 5.82. The highest BCUT2D eigenvalue weighted by atomic mass is 16.5. The number of benzene rings is 2. The number of fused-ring (bicyclic) bond motifs is 1. The van der Waals surface area contributed by atoms with Crippen LogP contribution < -0.4 is 19.7 Å². The number of hydrogen-bond acceptors (Lipinski definition) is 7. The molecule has 0 bridgehead atoms. The fourth-order valence-corrected chi connectivity index (χ4v) is 3.81. The Morgan fingerprint density at radius 2 is 1.80 bits per heavy atom. The summed E-state index contributed by atoms with van der Waals surface area (Å²) in [6.07, 6.45) is 5.34. The molecule has 0 spiro atoms. The van der Waals surface area contributed by atoms with Gasteiger partial charge in [-0.2, -0.15) is 5.10 Å². The average Bonchev–Trinajstić information content (AvgIpc) is 3.34. The number of nitrogens with one attached hydrogen (secondary N) is 2. The largest absolute Gasteiger partial charge is 0.497 e. The minimum Gasteiger partial charge on any atom is -0.497 e. The van der Waals surface area contributed by atoms with Crippen LogP contribution >= 0.6 is 0 Å². The van der Waals surface area contributed by atoms with E-state index in [1.165, 1.54) is 0 Å². The van der Waals surface area contributed by atoms with Crippen LogP contribution in [0.1, 0.15) is 34.6 Å². The van der Waals surface area contributed by atoms with Gasteiger partial charge in [0.2, 0.25) is 0 Å². The van der Waals surface area contributed by atoms with Gasteiger partial charge in [0.1, 0.15) is 17.1 Å². The highest BCUT2D eigenvalue weighted by Crippen LogP contribution is 2.35. The van der Waals surface area contributed by atoms with Crippen molar-refractivity contribution in [2.75, 3.05) is 25.1 Å².